The van der Waals surface area contributed by atoms with Crippen LogP contribution in [-0.2, 0) is 10.0 Å². The van der Waals surface area contributed by atoms with E-state index in [-0.39, 0.29) is 17.4 Å². The minimum atomic E-state index is -0.414. The first-order valence-corrected chi connectivity index (χ1v) is 6.64. The molecule has 0 aliphatic carbocycles. The normalized spacial score (nSPS) is 28.0. The molecule has 4 nitrogen and oxygen atoms in total. The standard InChI is InChI=1S/C11H20BrN2O2/c1-10(2)5-8(7-13-9(15)6-12)11(3,4)14(10)16/h8H,5-7H2,1-4H3,(H,13,15). The molecule has 0 spiro atoms. The van der Waals surface area contributed by atoms with Gasteiger partial charge >= 0.3 is 0 Å². The largest absolute Gasteiger partial charge is 0.355 e. The molecule has 1 unspecified atom stereocenters. The Morgan fingerprint density at radius 2 is 2.00 bits per heavy atom. The van der Waals surface area contributed by atoms with Gasteiger partial charge in [0.05, 0.1) is 5.33 Å². The van der Waals surface area contributed by atoms with Crippen molar-refractivity contribution in [3.63, 3.8) is 0 Å². The average Bonchev–Trinajstić information content (AvgIpc) is 2.35. The van der Waals surface area contributed by atoms with E-state index >= 15 is 0 Å². The van der Waals surface area contributed by atoms with Gasteiger partial charge in [-0.25, -0.2) is 0 Å². The monoisotopic (exact) mass is 291 g/mol. The van der Waals surface area contributed by atoms with Gasteiger partial charge in [-0.1, -0.05) is 15.9 Å². The van der Waals surface area contributed by atoms with Gasteiger partial charge in [0, 0.05) is 17.6 Å². The fourth-order valence-corrected chi connectivity index (χ4v) is 2.69. The van der Waals surface area contributed by atoms with Gasteiger partial charge in [0.1, 0.15) is 0 Å². The van der Waals surface area contributed by atoms with E-state index in [4.69, 9.17) is 0 Å². The lowest BCUT2D eigenvalue weighted by atomic mass is 9.87. The van der Waals surface area contributed by atoms with Gasteiger partial charge in [0.15, 0.2) is 0 Å². The lowest BCUT2D eigenvalue weighted by Crippen LogP contribution is -2.48. The van der Waals surface area contributed by atoms with E-state index in [1.165, 1.54) is 5.06 Å². The van der Waals surface area contributed by atoms with Gasteiger partial charge in [-0.2, -0.15) is 0 Å². The Labute approximate surface area is 105 Å². The summed E-state index contributed by atoms with van der Waals surface area (Å²) in [5.74, 6) is 0.168. The Kier molecular flexibility index (Phi) is 4.03. The number of rotatable bonds is 3. The van der Waals surface area contributed by atoms with Crippen molar-refractivity contribution in [1.29, 1.82) is 0 Å². The summed E-state index contributed by atoms with van der Waals surface area (Å²) in [7, 11) is 0. The summed E-state index contributed by atoms with van der Waals surface area (Å²) in [5.41, 5.74) is -0.754. The van der Waals surface area contributed by atoms with E-state index in [9.17, 15) is 10.0 Å². The number of carbonyl (C=O) groups is 1. The molecule has 1 heterocycles. The third-order valence-electron chi connectivity index (χ3n) is 3.49. The van der Waals surface area contributed by atoms with E-state index in [0.29, 0.717) is 11.9 Å². The van der Waals surface area contributed by atoms with E-state index < -0.39 is 5.54 Å². The third kappa shape index (κ3) is 2.57. The second kappa shape index (κ2) is 4.63. The maximum Gasteiger partial charge on any atom is 0.230 e. The second-order valence-electron chi connectivity index (χ2n) is 5.60. The minimum Gasteiger partial charge on any atom is -0.355 e. The van der Waals surface area contributed by atoms with Crippen molar-refractivity contribution in [2.24, 2.45) is 5.92 Å². The van der Waals surface area contributed by atoms with Gasteiger partial charge in [-0.15, -0.1) is 10.3 Å². The molecular formula is C11H20BrN2O2. The van der Waals surface area contributed by atoms with Crippen molar-refractivity contribution in [3.05, 3.63) is 0 Å². The highest BCUT2D eigenvalue weighted by Gasteiger charge is 2.52. The summed E-state index contributed by atoms with van der Waals surface area (Å²) in [5, 5.41) is 16.4. The number of nitrogens with zero attached hydrogens (tertiary/aromatic N) is 1. The number of carbonyl (C=O) groups excluding carboxylic acids is 1. The molecule has 1 radical (unpaired) electrons. The molecule has 1 rings (SSSR count). The average molecular weight is 292 g/mol. The predicted molar refractivity (Wildman–Crippen MR) is 65.6 cm³/mol. The molecule has 0 aromatic carbocycles. The molecule has 1 fully saturated rings. The number of amides is 1. The first kappa shape index (κ1) is 13.9. The van der Waals surface area contributed by atoms with Crippen molar-refractivity contribution < 1.29 is 10.0 Å². The highest BCUT2D eigenvalue weighted by atomic mass is 79.9. The van der Waals surface area contributed by atoms with Gasteiger partial charge in [-0.3, -0.25) is 4.79 Å². The smallest absolute Gasteiger partial charge is 0.230 e. The summed E-state index contributed by atoms with van der Waals surface area (Å²) in [6, 6.07) is 0. The van der Waals surface area contributed by atoms with E-state index in [1.807, 2.05) is 27.7 Å². The maximum absolute atomic E-state index is 12.1. The van der Waals surface area contributed by atoms with E-state index in [0.717, 1.165) is 6.42 Å². The van der Waals surface area contributed by atoms with Gasteiger partial charge < -0.3 is 5.32 Å². The predicted octanol–water partition coefficient (Wildman–Crippen LogP) is 1.72. The van der Waals surface area contributed by atoms with Crippen LogP contribution in [0.15, 0.2) is 0 Å². The first-order valence-electron chi connectivity index (χ1n) is 5.52. The zero-order valence-corrected chi connectivity index (χ0v) is 11.9. The van der Waals surface area contributed by atoms with Crippen molar-refractivity contribution in [2.75, 3.05) is 11.9 Å². The summed E-state index contributed by atoms with van der Waals surface area (Å²) >= 11 is 3.10. The number of halogens is 1. The van der Waals surface area contributed by atoms with Crippen molar-refractivity contribution in [3.8, 4) is 0 Å². The fourth-order valence-electron chi connectivity index (χ4n) is 2.49. The molecule has 16 heavy (non-hydrogen) atoms. The number of nitrogens with one attached hydrogen (secondary N) is 1. The Morgan fingerprint density at radius 1 is 1.44 bits per heavy atom. The van der Waals surface area contributed by atoms with Gasteiger partial charge in [0.2, 0.25) is 5.91 Å². The van der Waals surface area contributed by atoms with Gasteiger partial charge in [0.25, 0.3) is 0 Å². The van der Waals surface area contributed by atoms with E-state index in [1.54, 1.807) is 0 Å². The highest BCUT2D eigenvalue weighted by molar-refractivity contribution is 9.09. The molecule has 1 saturated heterocycles. The molecule has 1 atom stereocenters. The number of hydrogen-bond acceptors (Lipinski definition) is 2. The van der Waals surface area contributed by atoms with Crippen LogP contribution in [0.5, 0.6) is 0 Å². The Morgan fingerprint density at radius 3 is 2.38 bits per heavy atom. The molecule has 0 saturated carbocycles. The molecule has 1 N–H and O–H groups in total. The van der Waals surface area contributed by atoms with Crippen LogP contribution >= 0.6 is 15.9 Å². The molecule has 0 bridgehead atoms. The lowest BCUT2D eigenvalue weighted by molar-refractivity contribution is -0.248. The molecule has 0 aromatic heterocycles. The Hall–Kier alpha value is -0.130. The molecule has 5 heteroatoms. The molecular weight excluding hydrogens is 272 g/mol. The quantitative estimate of drug-likeness (QED) is 0.805. The third-order valence-corrected chi connectivity index (χ3v) is 3.99. The van der Waals surface area contributed by atoms with Crippen LogP contribution in [0.1, 0.15) is 34.1 Å². The molecule has 0 aromatic rings. The van der Waals surface area contributed by atoms with E-state index in [2.05, 4.69) is 21.2 Å². The second-order valence-corrected chi connectivity index (χ2v) is 6.16. The molecule has 1 aliphatic heterocycles. The van der Waals surface area contributed by atoms with Crippen molar-refractivity contribution in [1.82, 2.24) is 10.4 Å². The van der Waals surface area contributed by atoms with Crippen LogP contribution in [-0.4, -0.2) is 33.9 Å². The summed E-state index contributed by atoms with van der Waals surface area (Å²) in [6.45, 7) is 8.36. The zero-order valence-electron chi connectivity index (χ0n) is 10.3. The maximum atomic E-state index is 12.1. The molecule has 1 aliphatic rings. The fraction of sp³-hybridized carbons (Fsp3) is 0.909. The Bertz CT molecular complexity index is 279. The van der Waals surface area contributed by atoms with Crippen LogP contribution < -0.4 is 5.32 Å². The van der Waals surface area contributed by atoms with Crippen LogP contribution in [0.3, 0.4) is 0 Å². The number of alkyl halides is 1. The topological polar surface area (TPSA) is 52.2 Å². The summed E-state index contributed by atoms with van der Waals surface area (Å²) in [4.78, 5) is 11.2. The van der Waals surface area contributed by atoms with Crippen LogP contribution in [0.25, 0.3) is 0 Å². The van der Waals surface area contributed by atoms with Crippen molar-refractivity contribution in [2.45, 2.75) is 45.2 Å². The van der Waals surface area contributed by atoms with Crippen LogP contribution in [0, 0.1) is 5.92 Å². The first-order chi connectivity index (χ1) is 7.21. The van der Waals surface area contributed by atoms with Crippen LogP contribution in [0.2, 0.25) is 0 Å². The summed E-state index contributed by atoms with van der Waals surface area (Å²) in [6.07, 6.45) is 0.812. The number of hydroxylamine groups is 2. The number of hydrogen-bond donors (Lipinski definition) is 1. The SMILES string of the molecule is CC1(C)CC(CNC(=O)CBr)C(C)(C)N1[O]. The molecule has 1 amide bonds. The highest BCUT2D eigenvalue weighted by Crippen LogP contribution is 2.43. The zero-order chi connectivity index (χ0) is 12.6. The Balaban J connectivity index is 2.65. The lowest BCUT2D eigenvalue weighted by Gasteiger charge is -2.33. The minimum absolute atomic E-state index is 0.0297. The molecule has 93 valence electrons. The van der Waals surface area contributed by atoms with Crippen molar-refractivity contribution >= 4 is 21.8 Å². The van der Waals surface area contributed by atoms with Gasteiger partial charge in [-0.05, 0) is 40.0 Å². The van der Waals surface area contributed by atoms with Crippen LogP contribution in [0.4, 0.5) is 0 Å². The summed E-state index contributed by atoms with van der Waals surface area (Å²) < 4.78 is 0.